The summed E-state index contributed by atoms with van der Waals surface area (Å²) < 4.78 is 101. The van der Waals surface area contributed by atoms with Crippen molar-refractivity contribution >= 4 is 6.34 Å². The van der Waals surface area contributed by atoms with Gasteiger partial charge in [-0.3, -0.25) is 9.99 Å². The van der Waals surface area contributed by atoms with Crippen molar-refractivity contribution in [3.05, 3.63) is 83.6 Å². The van der Waals surface area contributed by atoms with Crippen molar-refractivity contribution in [1.29, 1.82) is 0 Å². The topological polar surface area (TPSA) is 110 Å². The third-order valence-corrected chi connectivity index (χ3v) is 5.20. The molecule has 37 heavy (non-hydrogen) atoms. The zero-order valence-electron chi connectivity index (χ0n) is 18.8. The summed E-state index contributed by atoms with van der Waals surface area (Å²) in [6.07, 6.45) is -3.07. The zero-order valence-corrected chi connectivity index (χ0v) is 18.8. The molecule has 0 aliphatic rings. The van der Waals surface area contributed by atoms with Gasteiger partial charge in [-0.15, -0.1) is 0 Å². The van der Waals surface area contributed by atoms with Gasteiger partial charge in [-0.2, -0.15) is 27.1 Å². The molecule has 2 aromatic carbocycles. The summed E-state index contributed by atoms with van der Waals surface area (Å²) in [5.74, 6) is 3.71. The quantitative estimate of drug-likeness (QED) is 0.127. The number of pyridine rings is 1. The van der Waals surface area contributed by atoms with Crippen LogP contribution < -0.4 is 16.4 Å². The molecule has 0 fully saturated rings. The SMILES string of the molecule is N/N=C\N(N)CC(O)(c1ccc(F)cc1F)C(F)(F)c1ccc(-c2ccc(OCC(F)(F)F)cc2)nc1. The Morgan fingerprint density at radius 2 is 1.68 bits per heavy atom. The Labute approximate surface area is 205 Å². The molecule has 0 saturated heterocycles. The van der Waals surface area contributed by atoms with Crippen molar-refractivity contribution in [2.45, 2.75) is 17.7 Å². The molecule has 1 aromatic heterocycles. The molecule has 7 nitrogen and oxygen atoms in total. The molecule has 0 spiro atoms. The van der Waals surface area contributed by atoms with Crippen LogP contribution >= 0.6 is 0 Å². The molecule has 1 atom stereocenters. The fourth-order valence-corrected chi connectivity index (χ4v) is 3.45. The molecule has 0 aliphatic heterocycles. The first-order chi connectivity index (χ1) is 17.3. The Hall–Kier alpha value is -3.91. The van der Waals surface area contributed by atoms with Crippen LogP contribution in [0.15, 0.2) is 65.9 Å². The number of aromatic nitrogens is 1. The molecule has 5 N–H and O–H groups in total. The molecule has 0 bridgehead atoms. The van der Waals surface area contributed by atoms with E-state index in [0.29, 0.717) is 35.1 Å². The predicted octanol–water partition coefficient (Wildman–Crippen LogP) is 4.03. The van der Waals surface area contributed by atoms with E-state index in [4.69, 9.17) is 11.7 Å². The van der Waals surface area contributed by atoms with Crippen molar-refractivity contribution in [1.82, 2.24) is 9.99 Å². The number of hydrogen-bond acceptors (Lipinski definition) is 6. The van der Waals surface area contributed by atoms with Crippen LogP contribution in [0.5, 0.6) is 5.75 Å². The fourth-order valence-electron chi connectivity index (χ4n) is 3.45. The van der Waals surface area contributed by atoms with Gasteiger partial charge in [-0.05, 0) is 48.5 Å². The van der Waals surface area contributed by atoms with Gasteiger partial charge in [0.25, 0.3) is 0 Å². The molecule has 1 heterocycles. The number of hydrogen-bond donors (Lipinski definition) is 3. The van der Waals surface area contributed by atoms with Crippen LogP contribution in [-0.2, 0) is 11.5 Å². The van der Waals surface area contributed by atoms with E-state index in [-0.39, 0.29) is 11.4 Å². The molecule has 0 saturated carbocycles. The van der Waals surface area contributed by atoms with Gasteiger partial charge in [0.2, 0.25) is 0 Å². The van der Waals surface area contributed by atoms with Gasteiger partial charge in [0.1, 0.15) is 23.7 Å². The van der Waals surface area contributed by atoms with E-state index in [9.17, 15) is 27.1 Å². The third-order valence-electron chi connectivity index (χ3n) is 5.20. The standard InChI is InChI=1S/C23H20F7N5O2/c24-16-4-7-18(19(25)9-16)21(36,11-35(32)13-34-31)23(29,30)15-3-8-20(33-10-15)14-1-5-17(6-2-14)37-12-22(26,27)28/h1-10,13,36H,11-12,31-32H2/b34-13-. The summed E-state index contributed by atoms with van der Waals surface area (Å²) in [7, 11) is 0. The van der Waals surface area contributed by atoms with E-state index in [1.165, 1.54) is 24.3 Å². The zero-order chi connectivity index (χ0) is 27.4. The largest absolute Gasteiger partial charge is 0.484 e. The predicted molar refractivity (Wildman–Crippen MR) is 119 cm³/mol. The summed E-state index contributed by atoms with van der Waals surface area (Å²) >= 11 is 0. The van der Waals surface area contributed by atoms with Gasteiger partial charge < -0.3 is 15.7 Å². The Kier molecular flexibility index (Phi) is 7.93. The summed E-state index contributed by atoms with van der Waals surface area (Å²) in [6.45, 7) is -2.59. The highest BCUT2D eigenvalue weighted by Gasteiger charge is 2.57. The summed E-state index contributed by atoms with van der Waals surface area (Å²) in [5.41, 5.74) is -4.60. The van der Waals surface area contributed by atoms with Crippen LogP contribution in [0.3, 0.4) is 0 Å². The van der Waals surface area contributed by atoms with Crippen LogP contribution in [-0.4, -0.2) is 40.8 Å². The van der Waals surface area contributed by atoms with E-state index >= 15 is 8.78 Å². The molecule has 0 aliphatic carbocycles. The van der Waals surface area contributed by atoms with Gasteiger partial charge in [-0.1, -0.05) is 0 Å². The first-order valence-corrected chi connectivity index (χ1v) is 10.3. The number of hydrazone groups is 1. The number of hydrazine groups is 1. The molecule has 3 rings (SSSR count). The maximum Gasteiger partial charge on any atom is 0.422 e. The van der Waals surface area contributed by atoms with Gasteiger partial charge in [0.05, 0.1) is 12.2 Å². The lowest BCUT2D eigenvalue weighted by molar-refractivity contribution is -0.201. The summed E-state index contributed by atoms with van der Waals surface area (Å²) in [6, 6.07) is 9.00. The van der Waals surface area contributed by atoms with Crippen LogP contribution in [0.2, 0.25) is 0 Å². The Morgan fingerprint density at radius 3 is 2.22 bits per heavy atom. The third kappa shape index (κ3) is 6.27. The lowest BCUT2D eigenvalue weighted by atomic mass is 9.83. The lowest BCUT2D eigenvalue weighted by Gasteiger charge is -2.38. The first-order valence-electron chi connectivity index (χ1n) is 10.3. The van der Waals surface area contributed by atoms with Crippen molar-refractivity contribution in [2.75, 3.05) is 13.2 Å². The fraction of sp³-hybridized carbons (Fsp3) is 0.217. The Bertz CT molecular complexity index is 1240. The van der Waals surface area contributed by atoms with Crippen molar-refractivity contribution in [3.8, 4) is 17.0 Å². The van der Waals surface area contributed by atoms with E-state index in [1.807, 2.05) is 0 Å². The molecule has 0 radical (unpaired) electrons. The van der Waals surface area contributed by atoms with E-state index < -0.39 is 53.6 Å². The lowest BCUT2D eigenvalue weighted by Crippen LogP contribution is -2.53. The normalized spacial score (nSPS) is 14.0. The van der Waals surface area contributed by atoms with E-state index in [2.05, 4.69) is 14.8 Å². The van der Waals surface area contributed by atoms with E-state index in [1.54, 1.807) is 0 Å². The van der Waals surface area contributed by atoms with Crippen LogP contribution in [0, 0.1) is 11.6 Å². The average molecular weight is 531 g/mol. The van der Waals surface area contributed by atoms with Crippen LogP contribution in [0.4, 0.5) is 30.7 Å². The van der Waals surface area contributed by atoms with Gasteiger partial charge >= 0.3 is 12.1 Å². The maximum atomic E-state index is 15.7. The number of aliphatic hydroxyl groups is 1. The minimum atomic E-state index is -4.52. The molecular formula is C23H20F7N5O2. The van der Waals surface area contributed by atoms with Gasteiger partial charge in [0.15, 0.2) is 12.2 Å². The molecular weight excluding hydrogens is 511 g/mol. The Morgan fingerprint density at radius 1 is 1.00 bits per heavy atom. The van der Waals surface area contributed by atoms with Gasteiger partial charge in [-0.25, -0.2) is 14.6 Å². The number of alkyl halides is 5. The second-order valence-electron chi connectivity index (χ2n) is 7.86. The van der Waals surface area contributed by atoms with Crippen LogP contribution in [0.1, 0.15) is 11.1 Å². The minimum absolute atomic E-state index is 0.0667. The molecule has 14 heteroatoms. The second-order valence-corrected chi connectivity index (χ2v) is 7.86. The smallest absolute Gasteiger partial charge is 0.422 e. The minimum Gasteiger partial charge on any atom is -0.484 e. The monoisotopic (exact) mass is 531 g/mol. The number of nitrogens with two attached hydrogens (primary N) is 2. The highest BCUT2D eigenvalue weighted by molar-refractivity contribution is 5.60. The van der Waals surface area contributed by atoms with Crippen molar-refractivity contribution in [2.24, 2.45) is 16.8 Å². The van der Waals surface area contributed by atoms with Crippen molar-refractivity contribution < 1.29 is 40.6 Å². The molecule has 3 aromatic rings. The summed E-state index contributed by atoms with van der Waals surface area (Å²) in [4.78, 5) is 3.93. The maximum absolute atomic E-state index is 15.7. The number of nitrogens with zero attached hydrogens (tertiary/aromatic N) is 3. The first kappa shape index (κ1) is 27.7. The number of benzene rings is 2. The number of halogens is 7. The Balaban J connectivity index is 1.93. The number of rotatable bonds is 9. The van der Waals surface area contributed by atoms with Crippen molar-refractivity contribution in [3.63, 3.8) is 0 Å². The molecule has 1 unspecified atom stereocenters. The highest BCUT2D eigenvalue weighted by atomic mass is 19.4. The molecule has 0 amide bonds. The van der Waals surface area contributed by atoms with E-state index in [0.717, 1.165) is 18.3 Å². The van der Waals surface area contributed by atoms with Gasteiger partial charge in [0, 0.05) is 29.0 Å². The average Bonchev–Trinajstić information content (AvgIpc) is 2.82. The second kappa shape index (κ2) is 10.6. The summed E-state index contributed by atoms with van der Waals surface area (Å²) in [5, 5.41) is 14.7. The number of ether oxygens (including phenoxy) is 1. The van der Waals surface area contributed by atoms with Crippen LogP contribution in [0.25, 0.3) is 11.3 Å². The highest BCUT2D eigenvalue weighted by Crippen LogP contribution is 2.46. The molecule has 198 valence electrons.